The van der Waals surface area contributed by atoms with Gasteiger partial charge in [0.1, 0.15) is 12.0 Å². The van der Waals surface area contributed by atoms with E-state index < -0.39 is 5.60 Å². The Bertz CT molecular complexity index is 550. The van der Waals surface area contributed by atoms with Gasteiger partial charge in [0.05, 0.1) is 11.1 Å². The first-order valence-corrected chi connectivity index (χ1v) is 5.10. The summed E-state index contributed by atoms with van der Waals surface area (Å²) in [4.78, 5) is 15.4. The Kier molecular flexibility index (Phi) is 2.31. The number of fused-ring (bicyclic) bond motifs is 1. The molecule has 0 unspecified atom stereocenters. The molecule has 1 N–H and O–H groups in total. The van der Waals surface area contributed by atoms with Gasteiger partial charge in [0.25, 0.3) is 0 Å². The second-order valence-electron chi connectivity index (χ2n) is 4.42. The molecule has 0 spiro atoms. The van der Waals surface area contributed by atoms with E-state index in [4.69, 9.17) is 0 Å². The van der Waals surface area contributed by atoms with Gasteiger partial charge in [0.2, 0.25) is 0 Å². The molecule has 0 aliphatic carbocycles. The highest BCUT2D eigenvalue weighted by atomic mass is 16.3. The Morgan fingerprint density at radius 3 is 2.75 bits per heavy atom. The standard InChI is InChI=1S/C12H14N2O2/c1-8(15)11-10-6-9(12(2,3)16)4-5-14(10)7-13-11/h4-7,16H,1-3H3. The quantitative estimate of drug-likeness (QED) is 0.781. The van der Waals surface area contributed by atoms with Crippen LogP contribution in [0.3, 0.4) is 0 Å². The summed E-state index contributed by atoms with van der Waals surface area (Å²) in [6, 6.07) is 3.61. The van der Waals surface area contributed by atoms with E-state index in [9.17, 15) is 9.90 Å². The minimum absolute atomic E-state index is 0.0737. The Labute approximate surface area is 93.5 Å². The van der Waals surface area contributed by atoms with Crippen LogP contribution < -0.4 is 0 Å². The van der Waals surface area contributed by atoms with Gasteiger partial charge in [-0.1, -0.05) is 0 Å². The highest BCUT2D eigenvalue weighted by Crippen LogP contribution is 2.22. The zero-order valence-electron chi connectivity index (χ0n) is 9.56. The number of rotatable bonds is 2. The van der Waals surface area contributed by atoms with Gasteiger partial charge in [-0.25, -0.2) is 4.98 Å². The molecule has 0 aromatic carbocycles. The molecule has 2 aromatic rings. The third kappa shape index (κ3) is 1.72. The Morgan fingerprint density at radius 2 is 2.19 bits per heavy atom. The molecule has 0 amide bonds. The summed E-state index contributed by atoms with van der Waals surface area (Å²) in [5, 5.41) is 9.90. The predicted molar refractivity (Wildman–Crippen MR) is 60.4 cm³/mol. The molecule has 16 heavy (non-hydrogen) atoms. The summed E-state index contributed by atoms with van der Waals surface area (Å²) in [7, 11) is 0. The van der Waals surface area contributed by atoms with Crippen molar-refractivity contribution in [1.82, 2.24) is 9.38 Å². The summed E-state index contributed by atoms with van der Waals surface area (Å²) >= 11 is 0. The van der Waals surface area contributed by atoms with E-state index in [1.807, 2.05) is 6.07 Å². The van der Waals surface area contributed by atoms with E-state index in [1.165, 1.54) is 6.92 Å². The van der Waals surface area contributed by atoms with Crippen LogP contribution in [0, 0.1) is 0 Å². The largest absolute Gasteiger partial charge is 0.386 e. The Balaban J connectivity index is 2.68. The highest BCUT2D eigenvalue weighted by molar-refractivity contribution is 5.98. The van der Waals surface area contributed by atoms with E-state index in [-0.39, 0.29) is 5.78 Å². The molecule has 2 rings (SSSR count). The maximum atomic E-state index is 11.3. The fourth-order valence-corrected chi connectivity index (χ4v) is 1.64. The van der Waals surface area contributed by atoms with Crippen LogP contribution in [0.1, 0.15) is 36.8 Å². The van der Waals surface area contributed by atoms with Crippen molar-refractivity contribution < 1.29 is 9.90 Å². The van der Waals surface area contributed by atoms with Gasteiger partial charge in [-0.2, -0.15) is 0 Å². The van der Waals surface area contributed by atoms with Crippen molar-refractivity contribution in [3.8, 4) is 0 Å². The van der Waals surface area contributed by atoms with Gasteiger partial charge in [0, 0.05) is 13.1 Å². The fourth-order valence-electron chi connectivity index (χ4n) is 1.64. The van der Waals surface area contributed by atoms with Crippen molar-refractivity contribution in [2.45, 2.75) is 26.4 Å². The first kappa shape index (κ1) is 10.8. The van der Waals surface area contributed by atoms with Crippen LogP contribution in [-0.4, -0.2) is 20.3 Å². The molecule has 0 fully saturated rings. The number of hydrogen-bond acceptors (Lipinski definition) is 3. The molecule has 2 aromatic heterocycles. The summed E-state index contributed by atoms with van der Waals surface area (Å²) in [5.74, 6) is -0.0737. The van der Waals surface area contributed by atoms with Crippen LogP contribution in [0.15, 0.2) is 24.7 Å². The zero-order chi connectivity index (χ0) is 11.9. The van der Waals surface area contributed by atoms with Crippen molar-refractivity contribution in [2.24, 2.45) is 0 Å². The van der Waals surface area contributed by atoms with Gasteiger partial charge in [-0.15, -0.1) is 0 Å². The number of carbonyl (C=O) groups is 1. The number of pyridine rings is 1. The van der Waals surface area contributed by atoms with Gasteiger partial charge in [0.15, 0.2) is 5.78 Å². The third-order valence-electron chi connectivity index (χ3n) is 2.58. The second kappa shape index (κ2) is 3.42. The number of hydrogen-bond donors (Lipinski definition) is 1. The van der Waals surface area contributed by atoms with Gasteiger partial charge >= 0.3 is 0 Å². The molecule has 0 aliphatic rings. The maximum Gasteiger partial charge on any atom is 0.180 e. The first-order valence-electron chi connectivity index (χ1n) is 5.10. The van der Waals surface area contributed by atoms with Crippen molar-refractivity contribution in [1.29, 1.82) is 0 Å². The second-order valence-corrected chi connectivity index (χ2v) is 4.42. The molecule has 0 saturated carbocycles. The van der Waals surface area contributed by atoms with Crippen LogP contribution in [0.2, 0.25) is 0 Å². The maximum absolute atomic E-state index is 11.3. The third-order valence-corrected chi connectivity index (χ3v) is 2.58. The predicted octanol–water partition coefficient (Wildman–Crippen LogP) is 1.76. The minimum atomic E-state index is -0.917. The number of Topliss-reactive ketones (excluding diaryl/α,β-unsaturated/α-hetero) is 1. The molecule has 0 atom stereocenters. The molecule has 84 valence electrons. The van der Waals surface area contributed by atoms with Crippen molar-refractivity contribution in [3.05, 3.63) is 35.9 Å². The number of carbonyl (C=O) groups excluding carboxylic acids is 1. The van der Waals surface area contributed by atoms with Crippen LogP contribution in [0.25, 0.3) is 5.52 Å². The van der Waals surface area contributed by atoms with E-state index in [2.05, 4.69) is 4.98 Å². The van der Waals surface area contributed by atoms with E-state index >= 15 is 0 Å². The molecule has 0 saturated heterocycles. The van der Waals surface area contributed by atoms with Crippen molar-refractivity contribution >= 4 is 11.3 Å². The van der Waals surface area contributed by atoms with Crippen molar-refractivity contribution in [3.63, 3.8) is 0 Å². The van der Waals surface area contributed by atoms with Crippen molar-refractivity contribution in [2.75, 3.05) is 0 Å². The number of aromatic nitrogens is 2. The van der Waals surface area contributed by atoms with Crippen LogP contribution in [-0.2, 0) is 5.60 Å². The lowest BCUT2D eigenvalue weighted by Gasteiger charge is -2.17. The summed E-state index contributed by atoms with van der Waals surface area (Å²) < 4.78 is 1.77. The average molecular weight is 218 g/mol. The first-order chi connectivity index (χ1) is 7.39. The van der Waals surface area contributed by atoms with E-state index in [0.717, 1.165) is 11.1 Å². The number of aliphatic hydroxyl groups is 1. The van der Waals surface area contributed by atoms with Gasteiger partial charge in [-0.05, 0) is 31.5 Å². The molecule has 0 bridgehead atoms. The normalized spacial score (nSPS) is 12.0. The minimum Gasteiger partial charge on any atom is -0.386 e. The molecule has 0 radical (unpaired) electrons. The summed E-state index contributed by atoms with van der Waals surface area (Å²) in [6.07, 6.45) is 3.39. The number of nitrogens with zero attached hydrogens (tertiary/aromatic N) is 2. The highest BCUT2D eigenvalue weighted by Gasteiger charge is 2.18. The Hall–Kier alpha value is -1.68. The van der Waals surface area contributed by atoms with Crippen LogP contribution in [0.4, 0.5) is 0 Å². The van der Waals surface area contributed by atoms with Crippen LogP contribution >= 0.6 is 0 Å². The lowest BCUT2D eigenvalue weighted by Crippen LogP contribution is -2.15. The topological polar surface area (TPSA) is 54.6 Å². The zero-order valence-corrected chi connectivity index (χ0v) is 9.56. The smallest absolute Gasteiger partial charge is 0.180 e. The fraction of sp³-hybridized carbons (Fsp3) is 0.333. The lowest BCUT2D eigenvalue weighted by atomic mass is 9.99. The van der Waals surface area contributed by atoms with Gasteiger partial charge in [-0.3, -0.25) is 4.79 Å². The number of ketones is 1. The molecule has 4 nitrogen and oxygen atoms in total. The molecular weight excluding hydrogens is 204 g/mol. The van der Waals surface area contributed by atoms with E-state index in [0.29, 0.717) is 5.69 Å². The Morgan fingerprint density at radius 1 is 1.50 bits per heavy atom. The molecule has 0 aliphatic heterocycles. The monoisotopic (exact) mass is 218 g/mol. The van der Waals surface area contributed by atoms with E-state index in [1.54, 1.807) is 36.8 Å². The molecule has 4 heteroatoms. The summed E-state index contributed by atoms with van der Waals surface area (Å²) in [5.41, 5.74) is 1.02. The SMILES string of the molecule is CC(=O)c1ncn2ccc(C(C)(C)O)cc12. The molecular formula is C12H14N2O2. The summed E-state index contributed by atoms with van der Waals surface area (Å²) in [6.45, 7) is 4.91. The number of imidazole rings is 1. The average Bonchev–Trinajstić information content (AvgIpc) is 2.58. The molecule has 2 heterocycles. The van der Waals surface area contributed by atoms with Crippen LogP contribution in [0.5, 0.6) is 0 Å². The van der Waals surface area contributed by atoms with Gasteiger partial charge < -0.3 is 9.51 Å². The lowest BCUT2D eigenvalue weighted by molar-refractivity contribution is 0.0785.